The van der Waals surface area contributed by atoms with Gasteiger partial charge in [-0.1, -0.05) is 24.3 Å². The maximum absolute atomic E-state index is 12.2. The number of aromatic amines is 1. The van der Waals surface area contributed by atoms with E-state index in [9.17, 15) is 14.4 Å². The van der Waals surface area contributed by atoms with E-state index in [1.807, 2.05) is 31.2 Å². The highest BCUT2D eigenvalue weighted by atomic mass is 16.5. The number of benzene rings is 2. The molecule has 2 aromatic carbocycles. The first-order valence-corrected chi connectivity index (χ1v) is 9.53. The molecule has 1 heterocycles. The zero-order chi connectivity index (χ0) is 20.8. The number of rotatable bonds is 8. The average Bonchev–Trinajstić information content (AvgIpc) is 2.72. The SMILES string of the molecule is COc1cccc(C(=O)CCC(=O)NCCc2cc3ccc(C)cc3[nH]c2=O)c1. The third kappa shape index (κ3) is 5.31. The number of fused-ring (bicyclic) bond motifs is 1. The van der Waals surface area contributed by atoms with Gasteiger partial charge in [-0.3, -0.25) is 14.4 Å². The molecule has 0 fully saturated rings. The number of amides is 1. The number of carbonyl (C=O) groups is 2. The number of ketones is 1. The second kappa shape index (κ2) is 9.19. The smallest absolute Gasteiger partial charge is 0.251 e. The molecule has 0 saturated heterocycles. The fourth-order valence-corrected chi connectivity index (χ4v) is 3.14. The van der Waals surface area contributed by atoms with E-state index in [1.165, 1.54) is 0 Å². The molecule has 0 atom stereocenters. The lowest BCUT2D eigenvalue weighted by Gasteiger charge is -2.07. The van der Waals surface area contributed by atoms with Crippen molar-refractivity contribution in [2.45, 2.75) is 26.2 Å². The number of H-pyrrole nitrogens is 1. The molecule has 0 bridgehead atoms. The topological polar surface area (TPSA) is 88.3 Å². The van der Waals surface area contributed by atoms with E-state index in [4.69, 9.17) is 4.74 Å². The summed E-state index contributed by atoms with van der Waals surface area (Å²) in [5, 5.41) is 3.74. The van der Waals surface area contributed by atoms with Crippen LogP contribution in [0.1, 0.15) is 34.3 Å². The molecule has 0 unspecified atom stereocenters. The Balaban J connectivity index is 1.50. The van der Waals surface area contributed by atoms with E-state index >= 15 is 0 Å². The number of aryl methyl sites for hydroxylation is 1. The predicted molar refractivity (Wildman–Crippen MR) is 113 cm³/mol. The van der Waals surface area contributed by atoms with Gasteiger partial charge in [0.05, 0.1) is 7.11 Å². The summed E-state index contributed by atoms with van der Waals surface area (Å²) in [6.45, 7) is 2.31. The van der Waals surface area contributed by atoms with Crippen LogP contribution in [-0.4, -0.2) is 30.3 Å². The van der Waals surface area contributed by atoms with Gasteiger partial charge in [-0.05, 0) is 48.6 Å². The molecular weight excluding hydrogens is 368 g/mol. The molecule has 0 aliphatic heterocycles. The van der Waals surface area contributed by atoms with Gasteiger partial charge in [0, 0.05) is 36.0 Å². The number of carbonyl (C=O) groups excluding carboxylic acids is 2. The first kappa shape index (κ1) is 20.3. The van der Waals surface area contributed by atoms with Crippen molar-refractivity contribution >= 4 is 22.6 Å². The van der Waals surface area contributed by atoms with Crippen LogP contribution in [0.15, 0.2) is 53.3 Å². The van der Waals surface area contributed by atoms with E-state index in [2.05, 4.69) is 10.3 Å². The van der Waals surface area contributed by atoms with Gasteiger partial charge in [0.15, 0.2) is 5.78 Å². The maximum Gasteiger partial charge on any atom is 0.251 e. The number of hydrogen-bond donors (Lipinski definition) is 2. The molecule has 0 aliphatic rings. The second-order valence-electron chi connectivity index (χ2n) is 6.97. The highest BCUT2D eigenvalue weighted by Gasteiger charge is 2.10. The summed E-state index contributed by atoms with van der Waals surface area (Å²) in [4.78, 5) is 39.4. The molecule has 6 heteroatoms. The Kier molecular flexibility index (Phi) is 6.44. The number of ether oxygens (including phenoxy) is 1. The predicted octanol–water partition coefficient (Wildman–Crippen LogP) is 3.17. The van der Waals surface area contributed by atoms with Crippen molar-refractivity contribution in [1.29, 1.82) is 0 Å². The number of Topliss-reactive ketones (excluding diaryl/α,β-unsaturated/α-hetero) is 1. The lowest BCUT2D eigenvalue weighted by Crippen LogP contribution is -2.27. The molecule has 0 aliphatic carbocycles. The van der Waals surface area contributed by atoms with Crippen LogP contribution in [0.4, 0.5) is 0 Å². The minimum Gasteiger partial charge on any atom is -0.497 e. The highest BCUT2D eigenvalue weighted by molar-refractivity contribution is 5.98. The number of aromatic nitrogens is 1. The number of hydrogen-bond acceptors (Lipinski definition) is 4. The summed E-state index contributed by atoms with van der Waals surface area (Å²) in [7, 11) is 1.54. The standard InChI is InChI=1S/C23H24N2O4/c1-15-6-7-16-13-18(23(28)25-20(16)12-15)10-11-24-22(27)9-8-21(26)17-4-3-5-19(14-17)29-2/h3-7,12-14H,8-11H2,1-2H3,(H,24,27)(H,25,28). The maximum atomic E-state index is 12.2. The Hall–Kier alpha value is -3.41. The normalized spacial score (nSPS) is 10.7. The van der Waals surface area contributed by atoms with Gasteiger partial charge in [-0.2, -0.15) is 0 Å². The van der Waals surface area contributed by atoms with E-state index in [-0.39, 0.29) is 30.1 Å². The average molecular weight is 392 g/mol. The van der Waals surface area contributed by atoms with E-state index in [0.29, 0.717) is 29.8 Å². The second-order valence-corrected chi connectivity index (χ2v) is 6.97. The molecule has 6 nitrogen and oxygen atoms in total. The van der Waals surface area contributed by atoms with Crippen molar-refractivity contribution in [3.8, 4) is 5.75 Å². The van der Waals surface area contributed by atoms with Crippen molar-refractivity contribution in [3.05, 3.63) is 75.6 Å². The lowest BCUT2D eigenvalue weighted by molar-refractivity contribution is -0.121. The van der Waals surface area contributed by atoms with Gasteiger partial charge >= 0.3 is 0 Å². The van der Waals surface area contributed by atoms with Crippen LogP contribution < -0.4 is 15.6 Å². The quantitative estimate of drug-likeness (QED) is 0.577. The fourth-order valence-electron chi connectivity index (χ4n) is 3.14. The van der Waals surface area contributed by atoms with Gasteiger partial charge in [0.2, 0.25) is 5.91 Å². The first-order valence-electron chi connectivity index (χ1n) is 9.53. The molecule has 3 aromatic rings. The number of pyridine rings is 1. The molecular formula is C23H24N2O4. The monoisotopic (exact) mass is 392 g/mol. The van der Waals surface area contributed by atoms with Crippen molar-refractivity contribution in [2.24, 2.45) is 0 Å². The summed E-state index contributed by atoms with van der Waals surface area (Å²) in [5.74, 6) is 0.283. The first-order chi connectivity index (χ1) is 14.0. The molecule has 2 N–H and O–H groups in total. The van der Waals surface area contributed by atoms with Crippen molar-refractivity contribution < 1.29 is 14.3 Å². The third-order valence-electron chi connectivity index (χ3n) is 4.77. The van der Waals surface area contributed by atoms with Crippen LogP contribution in [0.25, 0.3) is 10.9 Å². The molecule has 3 rings (SSSR count). The summed E-state index contributed by atoms with van der Waals surface area (Å²) in [6.07, 6.45) is 0.646. The van der Waals surface area contributed by atoms with Crippen LogP contribution in [0, 0.1) is 6.92 Å². The van der Waals surface area contributed by atoms with Crippen LogP contribution in [0.2, 0.25) is 0 Å². The van der Waals surface area contributed by atoms with Crippen LogP contribution >= 0.6 is 0 Å². The van der Waals surface area contributed by atoms with E-state index in [1.54, 1.807) is 31.4 Å². The van der Waals surface area contributed by atoms with Crippen molar-refractivity contribution in [2.75, 3.05) is 13.7 Å². The summed E-state index contributed by atoms with van der Waals surface area (Å²) < 4.78 is 5.11. The van der Waals surface area contributed by atoms with Crippen molar-refractivity contribution in [1.82, 2.24) is 10.3 Å². The van der Waals surface area contributed by atoms with Crippen LogP contribution in [0.5, 0.6) is 5.75 Å². The molecule has 150 valence electrons. The molecule has 29 heavy (non-hydrogen) atoms. The van der Waals surface area contributed by atoms with Crippen molar-refractivity contribution in [3.63, 3.8) is 0 Å². The molecule has 1 amide bonds. The lowest BCUT2D eigenvalue weighted by atomic mass is 10.1. The molecule has 0 radical (unpaired) electrons. The van der Waals surface area contributed by atoms with E-state index in [0.717, 1.165) is 16.5 Å². The third-order valence-corrected chi connectivity index (χ3v) is 4.77. The largest absolute Gasteiger partial charge is 0.497 e. The number of nitrogens with one attached hydrogen (secondary N) is 2. The van der Waals surface area contributed by atoms with Crippen LogP contribution in [0.3, 0.4) is 0 Å². The zero-order valence-electron chi connectivity index (χ0n) is 16.6. The molecule has 1 aromatic heterocycles. The fraction of sp³-hybridized carbons (Fsp3) is 0.261. The minimum atomic E-state index is -0.214. The Bertz CT molecular complexity index is 1100. The summed E-state index contributed by atoms with van der Waals surface area (Å²) >= 11 is 0. The minimum absolute atomic E-state index is 0.101. The van der Waals surface area contributed by atoms with E-state index < -0.39 is 0 Å². The Morgan fingerprint density at radius 1 is 1.07 bits per heavy atom. The van der Waals surface area contributed by atoms with Crippen LogP contribution in [-0.2, 0) is 11.2 Å². The Morgan fingerprint density at radius 3 is 2.69 bits per heavy atom. The molecule has 0 spiro atoms. The summed E-state index contributed by atoms with van der Waals surface area (Å²) in [6, 6.07) is 14.6. The van der Waals surface area contributed by atoms with Gasteiger partial charge < -0.3 is 15.0 Å². The van der Waals surface area contributed by atoms with Gasteiger partial charge in [0.1, 0.15) is 5.75 Å². The Morgan fingerprint density at radius 2 is 1.90 bits per heavy atom. The summed E-state index contributed by atoms with van der Waals surface area (Å²) in [5.41, 5.74) is 2.88. The van der Waals surface area contributed by atoms with Gasteiger partial charge in [0.25, 0.3) is 5.56 Å². The van der Waals surface area contributed by atoms with Gasteiger partial charge in [-0.25, -0.2) is 0 Å². The Labute approximate surface area is 168 Å². The van der Waals surface area contributed by atoms with Gasteiger partial charge in [-0.15, -0.1) is 0 Å². The zero-order valence-corrected chi connectivity index (χ0v) is 16.6. The number of methoxy groups -OCH3 is 1. The molecule has 0 saturated carbocycles. The highest BCUT2D eigenvalue weighted by Crippen LogP contribution is 2.15.